The molecular weight excluding hydrogens is 357 g/mol. The molecule has 0 aliphatic heterocycles. The molecule has 25 heavy (non-hydrogen) atoms. The van der Waals surface area contributed by atoms with Crippen LogP contribution in [0.2, 0.25) is 5.15 Å². The summed E-state index contributed by atoms with van der Waals surface area (Å²) in [5, 5.41) is 8.71. The first-order valence-electron chi connectivity index (χ1n) is 6.87. The minimum absolute atomic E-state index is 0.0372. The molecule has 0 N–H and O–H groups in total. The molecule has 0 bridgehead atoms. The van der Waals surface area contributed by atoms with Crippen LogP contribution in [0.25, 0.3) is 22.2 Å². The van der Waals surface area contributed by atoms with Crippen molar-refractivity contribution in [3.05, 3.63) is 57.2 Å². The fourth-order valence-corrected chi connectivity index (χ4v) is 2.59. The Morgan fingerprint density at radius 3 is 2.40 bits per heavy atom. The molecule has 2 aromatic heterocycles. The van der Waals surface area contributed by atoms with Crippen molar-refractivity contribution in [1.29, 1.82) is 5.26 Å². The van der Waals surface area contributed by atoms with Gasteiger partial charge >= 0.3 is 6.18 Å². The molecule has 126 valence electrons. The van der Waals surface area contributed by atoms with E-state index in [0.29, 0.717) is 15.7 Å². The molecule has 3 rings (SSSR count). The maximum Gasteiger partial charge on any atom is 0.449 e. The molecule has 0 fully saturated rings. The van der Waals surface area contributed by atoms with Crippen LogP contribution in [0.4, 0.5) is 13.2 Å². The van der Waals surface area contributed by atoms with Gasteiger partial charge in [-0.1, -0.05) is 23.7 Å². The van der Waals surface area contributed by atoms with E-state index in [0.717, 1.165) is 7.05 Å². The molecule has 0 aliphatic carbocycles. The Morgan fingerprint density at radius 1 is 1.20 bits per heavy atom. The number of nitriles is 1. The average Bonchev–Trinajstić information content (AvgIpc) is 2.57. The fourth-order valence-electron chi connectivity index (χ4n) is 2.40. The number of benzene rings is 1. The summed E-state index contributed by atoms with van der Waals surface area (Å²) in [4.78, 5) is 20.0. The summed E-state index contributed by atoms with van der Waals surface area (Å²) in [5.41, 5.74) is -0.286. The summed E-state index contributed by atoms with van der Waals surface area (Å²) in [6.45, 7) is 0. The van der Waals surface area contributed by atoms with E-state index in [-0.39, 0.29) is 21.7 Å². The first-order chi connectivity index (χ1) is 11.7. The molecular formula is C16H8ClF3N4O. The van der Waals surface area contributed by atoms with Crippen LogP contribution in [0.1, 0.15) is 11.4 Å². The summed E-state index contributed by atoms with van der Waals surface area (Å²) in [7, 11) is 0.993. The highest BCUT2D eigenvalue weighted by Crippen LogP contribution is 2.31. The van der Waals surface area contributed by atoms with Gasteiger partial charge < -0.3 is 0 Å². The van der Waals surface area contributed by atoms with Gasteiger partial charge in [0, 0.05) is 12.6 Å². The zero-order valence-electron chi connectivity index (χ0n) is 12.6. The number of rotatable bonds is 1. The van der Waals surface area contributed by atoms with Gasteiger partial charge in [0.1, 0.15) is 10.7 Å². The first kappa shape index (κ1) is 16.9. The molecule has 0 saturated carbocycles. The molecule has 0 atom stereocenters. The van der Waals surface area contributed by atoms with Crippen LogP contribution in [0.15, 0.2) is 35.1 Å². The maximum absolute atomic E-state index is 13.2. The monoisotopic (exact) mass is 364 g/mol. The van der Waals surface area contributed by atoms with Crippen LogP contribution >= 0.6 is 11.6 Å². The molecule has 0 spiro atoms. The lowest BCUT2D eigenvalue weighted by molar-refractivity contribution is -0.147. The number of alkyl halides is 3. The smallest absolute Gasteiger partial charge is 0.292 e. The Bertz CT molecular complexity index is 1080. The van der Waals surface area contributed by atoms with Crippen molar-refractivity contribution < 1.29 is 13.2 Å². The van der Waals surface area contributed by atoms with Crippen molar-refractivity contribution in [1.82, 2.24) is 14.5 Å². The number of fused-ring (bicyclic) bond motifs is 1. The Kier molecular flexibility index (Phi) is 3.97. The molecule has 0 radical (unpaired) electrons. The molecule has 0 saturated heterocycles. The van der Waals surface area contributed by atoms with Crippen molar-refractivity contribution in [3.8, 4) is 17.3 Å². The molecule has 5 nitrogen and oxygen atoms in total. The van der Waals surface area contributed by atoms with E-state index < -0.39 is 17.6 Å². The molecule has 0 unspecified atom stereocenters. The van der Waals surface area contributed by atoms with Gasteiger partial charge in [-0.25, -0.2) is 9.97 Å². The highest BCUT2D eigenvalue weighted by atomic mass is 35.5. The van der Waals surface area contributed by atoms with Crippen molar-refractivity contribution in [3.63, 3.8) is 0 Å². The third-order valence-electron chi connectivity index (χ3n) is 3.57. The van der Waals surface area contributed by atoms with E-state index in [9.17, 15) is 18.0 Å². The van der Waals surface area contributed by atoms with Gasteiger partial charge in [-0.3, -0.25) is 9.36 Å². The number of pyridine rings is 1. The molecule has 9 heteroatoms. The molecule has 2 heterocycles. The van der Waals surface area contributed by atoms with E-state index >= 15 is 0 Å². The fraction of sp³-hybridized carbons (Fsp3) is 0.125. The second-order valence-corrected chi connectivity index (χ2v) is 5.56. The zero-order chi connectivity index (χ0) is 18.4. The highest BCUT2D eigenvalue weighted by Gasteiger charge is 2.36. The highest BCUT2D eigenvalue weighted by molar-refractivity contribution is 6.30. The SMILES string of the molecule is Cn1c(C(F)(F)F)nc2c(-c3ccc(C#N)cc3)nc(Cl)cc2c1=O. The summed E-state index contributed by atoms with van der Waals surface area (Å²) >= 11 is 5.92. The van der Waals surface area contributed by atoms with Crippen LogP contribution in [-0.2, 0) is 13.2 Å². The van der Waals surface area contributed by atoms with Crippen LogP contribution in [0.5, 0.6) is 0 Å². The number of hydrogen-bond acceptors (Lipinski definition) is 4. The quantitative estimate of drug-likeness (QED) is 0.619. The first-order valence-corrected chi connectivity index (χ1v) is 7.25. The van der Waals surface area contributed by atoms with E-state index in [2.05, 4.69) is 9.97 Å². The minimum Gasteiger partial charge on any atom is -0.292 e. The summed E-state index contributed by atoms with van der Waals surface area (Å²) in [6, 6.07) is 9.08. The second kappa shape index (κ2) is 5.86. The maximum atomic E-state index is 13.2. The van der Waals surface area contributed by atoms with Gasteiger partial charge in [0.15, 0.2) is 0 Å². The van der Waals surface area contributed by atoms with Gasteiger partial charge in [-0.15, -0.1) is 0 Å². The Morgan fingerprint density at radius 2 is 1.84 bits per heavy atom. The zero-order valence-corrected chi connectivity index (χ0v) is 13.4. The van der Waals surface area contributed by atoms with E-state index in [1.54, 1.807) is 0 Å². The van der Waals surface area contributed by atoms with Crippen molar-refractivity contribution in [2.75, 3.05) is 0 Å². The summed E-state index contributed by atoms with van der Waals surface area (Å²) < 4.78 is 39.9. The predicted octanol–water partition coefficient (Wildman–Crippen LogP) is 3.54. The lowest BCUT2D eigenvalue weighted by Gasteiger charge is -2.13. The third kappa shape index (κ3) is 2.94. The van der Waals surface area contributed by atoms with Crippen molar-refractivity contribution in [2.45, 2.75) is 6.18 Å². The molecule has 3 aromatic rings. The number of hydrogen-bond donors (Lipinski definition) is 0. The van der Waals surface area contributed by atoms with Gasteiger partial charge in [0.2, 0.25) is 5.82 Å². The largest absolute Gasteiger partial charge is 0.449 e. The standard InChI is InChI=1S/C16H8ClF3N4O/c1-24-14(25)10-6-11(17)22-12(9-4-2-8(7-21)3-5-9)13(10)23-15(24)16(18,19)20/h2-6H,1H3. The van der Waals surface area contributed by atoms with E-state index in [4.69, 9.17) is 16.9 Å². The molecule has 0 aliphatic rings. The van der Waals surface area contributed by atoms with Crippen LogP contribution in [0, 0.1) is 11.3 Å². The lowest BCUT2D eigenvalue weighted by atomic mass is 10.1. The number of halogens is 4. The average molecular weight is 365 g/mol. The Labute approximate surface area is 143 Å². The Hall–Kier alpha value is -2.92. The van der Waals surface area contributed by atoms with Crippen molar-refractivity contribution in [2.24, 2.45) is 7.05 Å². The number of aromatic nitrogens is 3. The lowest BCUT2D eigenvalue weighted by Crippen LogP contribution is -2.27. The molecule has 1 aromatic carbocycles. The van der Waals surface area contributed by atoms with Crippen LogP contribution < -0.4 is 5.56 Å². The summed E-state index contributed by atoms with van der Waals surface area (Å²) in [6.07, 6.45) is -4.80. The number of nitrogens with zero attached hydrogens (tertiary/aromatic N) is 4. The van der Waals surface area contributed by atoms with Crippen molar-refractivity contribution >= 4 is 22.5 Å². The van der Waals surface area contributed by atoms with Gasteiger partial charge in [-0.05, 0) is 18.2 Å². The van der Waals surface area contributed by atoms with Gasteiger partial charge in [0.05, 0.1) is 22.7 Å². The van der Waals surface area contributed by atoms with E-state index in [1.807, 2.05) is 6.07 Å². The van der Waals surface area contributed by atoms with Gasteiger partial charge in [0.25, 0.3) is 5.56 Å². The van der Waals surface area contributed by atoms with Gasteiger partial charge in [-0.2, -0.15) is 18.4 Å². The van der Waals surface area contributed by atoms with E-state index in [1.165, 1.54) is 30.3 Å². The third-order valence-corrected chi connectivity index (χ3v) is 3.77. The van der Waals surface area contributed by atoms with Crippen LogP contribution in [-0.4, -0.2) is 14.5 Å². The normalized spacial score (nSPS) is 11.5. The van der Waals surface area contributed by atoms with Crippen LogP contribution in [0.3, 0.4) is 0 Å². The molecule has 0 amide bonds. The topological polar surface area (TPSA) is 71.6 Å². The minimum atomic E-state index is -4.80. The summed E-state index contributed by atoms with van der Waals surface area (Å²) in [5.74, 6) is -1.33. The Balaban J connectivity index is 2.41. The predicted molar refractivity (Wildman–Crippen MR) is 84.9 cm³/mol. The second-order valence-electron chi connectivity index (χ2n) is 5.18.